The summed E-state index contributed by atoms with van der Waals surface area (Å²) < 4.78 is 0. The number of rotatable bonds is 7. The molecule has 2 rings (SSSR count). The first kappa shape index (κ1) is 16.1. The zero-order chi connectivity index (χ0) is 15.2. The van der Waals surface area contributed by atoms with Crippen LogP contribution in [0.3, 0.4) is 0 Å². The number of nitrogens with one attached hydrogen (secondary N) is 1. The van der Waals surface area contributed by atoms with E-state index < -0.39 is 0 Å². The van der Waals surface area contributed by atoms with Crippen molar-refractivity contribution in [2.45, 2.75) is 59.8 Å². The molecule has 1 fully saturated rings. The minimum atomic E-state index is 0.835. The molecule has 0 bridgehead atoms. The highest BCUT2D eigenvalue weighted by atomic mass is 15.2. The lowest BCUT2D eigenvalue weighted by Gasteiger charge is -2.22. The van der Waals surface area contributed by atoms with Crippen molar-refractivity contribution in [3.05, 3.63) is 11.4 Å². The van der Waals surface area contributed by atoms with Crippen LogP contribution in [0.2, 0.25) is 0 Å². The second-order valence-electron chi connectivity index (χ2n) is 6.11. The van der Waals surface area contributed by atoms with Gasteiger partial charge in [0.15, 0.2) is 0 Å². The normalized spacial score (nSPS) is 18.3. The van der Waals surface area contributed by atoms with Crippen molar-refractivity contribution in [2.75, 3.05) is 29.9 Å². The van der Waals surface area contributed by atoms with E-state index in [-0.39, 0.29) is 0 Å². The Hall–Kier alpha value is -1.32. The topological polar surface area (TPSA) is 41.1 Å². The smallest absolute Gasteiger partial charge is 0.137 e. The van der Waals surface area contributed by atoms with Crippen molar-refractivity contribution in [2.24, 2.45) is 5.92 Å². The van der Waals surface area contributed by atoms with Gasteiger partial charge in [-0.2, -0.15) is 0 Å². The van der Waals surface area contributed by atoms with E-state index in [4.69, 9.17) is 4.98 Å². The molecule has 0 radical (unpaired) electrons. The Morgan fingerprint density at radius 3 is 2.67 bits per heavy atom. The maximum absolute atomic E-state index is 4.81. The van der Waals surface area contributed by atoms with E-state index in [1.54, 1.807) is 0 Å². The van der Waals surface area contributed by atoms with Gasteiger partial charge in [-0.3, -0.25) is 0 Å². The second kappa shape index (κ2) is 7.62. The lowest BCUT2D eigenvalue weighted by atomic mass is 10.0. The summed E-state index contributed by atoms with van der Waals surface area (Å²) in [4.78, 5) is 11.9. The minimum absolute atomic E-state index is 0.835. The third-order valence-electron chi connectivity index (χ3n) is 4.31. The molecule has 0 aliphatic carbocycles. The van der Waals surface area contributed by atoms with Gasteiger partial charge in [0.2, 0.25) is 0 Å². The summed E-state index contributed by atoms with van der Waals surface area (Å²) in [5.74, 6) is 3.96. The zero-order valence-electron chi connectivity index (χ0n) is 14.1. The Kier molecular flexibility index (Phi) is 5.83. The quantitative estimate of drug-likeness (QED) is 0.829. The molecule has 0 saturated carbocycles. The summed E-state index contributed by atoms with van der Waals surface area (Å²) in [6.07, 6.45) is 5.92. The van der Waals surface area contributed by atoms with Gasteiger partial charge >= 0.3 is 0 Å². The van der Waals surface area contributed by atoms with Gasteiger partial charge in [0, 0.05) is 31.6 Å². The van der Waals surface area contributed by atoms with E-state index in [9.17, 15) is 0 Å². The molecule has 2 heterocycles. The molecule has 1 N–H and O–H groups in total. The van der Waals surface area contributed by atoms with Crippen molar-refractivity contribution in [1.29, 1.82) is 0 Å². The van der Waals surface area contributed by atoms with Gasteiger partial charge in [0.25, 0.3) is 0 Å². The highest BCUT2D eigenvalue weighted by molar-refractivity contribution is 5.59. The van der Waals surface area contributed by atoms with Gasteiger partial charge in [0.05, 0.1) is 0 Å². The fourth-order valence-electron chi connectivity index (χ4n) is 3.10. The lowest BCUT2D eigenvalue weighted by molar-refractivity contribution is 0.529. The number of anilines is 2. The molecule has 0 aromatic carbocycles. The average molecular weight is 290 g/mol. The van der Waals surface area contributed by atoms with Crippen molar-refractivity contribution in [3.63, 3.8) is 0 Å². The van der Waals surface area contributed by atoms with Crippen LogP contribution in [0.1, 0.15) is 57.8 Å². The predicted octanol–water partition coefficient (Wildman–Crippen LogP) is 3.80. The van der Waals surface area contributed by atoms with Crippen LogP contribution < -0.4 is 10.2 Å². The molecular formula is C17H30N4. The molecule has 1 atom stereocenters. The summed E-state index contributed by atoms with van der Waals surface area (Å²) in [6, 6.07) is 0. The van der Waals surface area contributed by atoms with Crippen molar-refractivity contribution >= 4 is 11.6 Å². The number of aromatic nitrogens is 2. The number of nitrogens with zero attached hydrogens (tertiary/aromatic N) is 3. The highest BCUT2D eigenvalue weighted by Crippen LogP contribution is 2.30. The molecule has 1 saturated heterocycles. The molecule has 1 aromatic heterocycles. The average Bonchev–Trinajstić information content (AvgIpc) is 2.95. The third kappa shape index (κ3) is 3.86. The van der Waals surface area contributed by atoms with Gasteiger partial charge in [-0.25, -0.2) is 9.97 Å². The molecule has 1 unspecified atom stereocenters. The molecule has 0 spiro atoms. The molecule has 4 nitrogen and oxygen atoms in total. The summed E-state index contributed by atoms with van der Waals surface area (Å²) in [5, 5.41) is 3.46. The van der Waals surface area contributed by atoms with Gasteiger partial charge in [-0.15, -0.1) is 0 Å². The Morgan fingerprint density at radius 1 is 1.19 bits per heavy atom. The van der Waals surface area contributed by atoms with Crippen LogP contribution in [0.15, 0.2) is 0 Å². The van der Waals surface area contributed by atoms with Gasteiger partial charge < -0.3 is 10.2 Å². The molecule has 1 aliphatic rings. The number of hydrogen-bond acceptors (Lipinski definition) is 4. The monoisotopic (exact) mass is 290 g/mol. The summed E-state index contributed by atoms with van der Waals surface area (Å²) in [6.45, 7) is 12.0. The highest BCUT2D eigenvalue weighted by Gasteiger charge is 2.25. The van der Waals surface area contributed by atoms with E-state index in [0.717, 1.165) is 55.9 Å². The first-order chi connectivity index (χ1) is 10.2. The Bertz CT molecular complexity index is 458. The molecule has 1 aromatic rings. The zero-order valence-corrected chi connectivity index (χ0v) is 14.1. The van der Waals surface area contributed by atoms with Crippen molar-refractivity contribution < 1.29 is 0 Å². The standard InChI is InChI=1S/C17H30N4/c1-5-8-14-9-11-21(12-14)17-13(4)16(18-10-6-2)19-15(7-3)20-17/h14H,5-12H2,1-4H3,(H,18,19,20). The van der Waals surface area contributed by atoms with E-state index >= 15 is 0 Å². The van der Waals surface area contributed by atoms with Crippen LogP contribution in [0.5, 0.6) is 0 Å². The maximum atomic E-state index is 4.81. The van der Waals surface area contributed by atoms with E-state index in [2.05, 4.69) is 42.9 Å². The van der Waals surface area contributed by atoms with Crippen LogP contribution in [0, 0.1) is 12.8 Å². The fraction of sp³-hybridized carbons (Fsp3) is 0.765. The van der Waals surface area contributed by atoms with Crippen LogP contribution in [0.25, 0.3) is 0 Å². The van der Waals surface area contributed by atoms with Gasteiger partial charge in [-0.1, -0.05) is 27.2 Å². The van der Waals surface area contributed by atoms with E-state index in [0.29, 0.717) is 0 Å². The predicted molar refractivity (Wildman–Crippen MR) is 90.2 cm³/mol. The molecule has 21 heavy (non-hydrogen) atoms. The Morgan fingerprint density at radius 2 is 2.00 bits per heavy atom. The molecular weight excluding hydrogens is 260 g/mol. The SMILES string of the molecule is CCCNc1nc(CC)nc(N2CCC(CCC)C2)c1C. The van der Waals surface area contributed by atoms with Crippen LogP contribution in [-0.4, -0.2) is 29.6 Å². The van der Waals surface area contributed by atoms with E-state index in [1.165, 1.54) is 24.8 Å². The minimum Gasteiger partial charge on any atom is -0.370 e. The summed E-state index contributed by atoms with van der Waals surface area (Å²) in [7, 11) is 0. The summed E-state index contributed by atoms with van der Waals surface area (Å²) in [5.41, 5.74) is 1.21. The van der Waals surface area contributed by atoms with Crippen molar-refractivity contribution in [1.82, 2.24) is 9.97 Å². The Labute approximate surface area is 129 Å². The van der Waals surface area contributed by atoms with Gasteiger partial charge in [-0.05, 0) is 32.1 Å². The van der Waals surface area contributed by atoms with E-state index in [1.807, 2.05) is 0 Å². The van der Waals surface area contributed by atoms with Gasteiger partial charge in [0.1, 0.15) is 17.5 Å². The molecule has 4 heteroatoms. The first-order valence-electron chi connectivity index (χ1n) is 8.55. The maximum Gasteiger partial charge on any atom is 0.137 e. The van der Waals surface area contributed by atoms with Crippen molar-refractivity contribution in [3.8, 4) is 0 Å². The van der Waals surface area contributed by atoms with Crippen LogP contribution in [-0.2, 0) is 6.42 Å². The molecule has 1 aliphatic heterocycles. The first-order valence-corrected chi connectivity index (χ1v) is 8.55. The number of hydrogen-bond donors (Lipinski definition) is 1. The van der Waals surface area contributed by atoms with Crippen LogP contribution in [0.4, 0.5) is 11.6 Å². The number of aryl methyl sites for hydroxylation is 1. The fourth-order valence-corrected chi connectivity index (χ4v) is 3.10. The Balaban J connectivity index is 2.21. The largest absolute Gasteiger partial charge is 0.370 e. The second-order valence-corrected chi connectivity index (χ2v) is 6.11. The van der Waals surface area contributed by atoms with Crippen LogP contribution >= 0.6 is 0 Å². The third-order valence-corrected chi connectivity index (χ3v) is 4.31. The lowest BCUT2D eigenvalue weighted by Crippen LogP contribution is -2.23. The summed E-state index contributed by atoms with van der Waals surface area (Å²) >= 11 is 0. The molecule has 0 amide bonds. The molecule has 118 valence electrons.